The Kier molecular flexibility index (Phi) is 3.58. The van der Waals surface area contributed by atoms with E-state index >= 15 is 0 Å². The summed E-state index contributed by atoms with van der Waals surface area (Å²) in [4.78, 5) is 11.5. The lowest BCUT2D eigenvalue weighted by atomic mass is 10.1. The van der Waals surface area contributed by atoms with Gasteiger partial charge in [-0.1, -0.05) is 30.3 Å². The molecule has 0 spiro atoms. The second-order valence-electron chi connectivity index (χ2n) is 5.71. The van der Waals surface area contributed by atoms with Crippen molar-refractivity contribution in [1.82, 2.24) is 4.57 Å². The Balaban J connectivity index is 1.73. The van der Waals surface area contributed by atoms with Crippen LogP contribution < -0.4 is 0 Å². The van der Waals surface area contributed by atoms with Gasteiger partial charge in [0.15, 0.2) is 0 Å². The van der Waals surface area contributed by atoms with Gasteiger partial charge >= 0.3 is 5.97 Å². The molecule has 4 heteroatoms. The zero-order chi connectivity index (χ0) is 16.5. The summed E-state index contributed by atoms with van der Waals surface area (Å²) in [6.45, 7) is 1.50. The molecule has 120 valence electrons. The van der Waals surface area contributed by atoms with Crippen LogP contribution in [0.4, 0.5) is 0 Å². The normalized spacial score (nSPS) is 15.1. The van der Waals surface area contributed by atoms with Gasteiger partial charge in [0.25, 0.3) is 0 Å². The molecule has 0 unspecified atom stereocenters. The predicted octanol–water partition coefficient (Wildman–Crippen LogP) is 3.96. The number of fused-ring (bicyclic) bond motifs is 3. The van der Waals surface area contributed by atoms with Crippen LogP contribution in [-0.4, -0.2) is 24.3 Å². The van der Waals surface area contributed by atoms with Gasteiger partial charge in [0.1, 0.15) is 12.4 Å². The molecule has 1 aliphatic rings. The third-order valence-corrected chi connectivity index (χ3v) is 4.27. The summed E-state index contributed by atoms with van der Waals surface area (Å²) in [5, 5.41) is 1.21. The number of hydrogen-bond donors (Lipinski definition) is 0. The van der Waals surface area contributed by atoms with Crippen LogP contribution in [0.1, 0.15) is 21.6 Å². The van der Waals surface area contributed by atoms with E-state index in [1.807, 2.05) is 24.3 Å². The Morgan fingerprint density at radius 1 is 1.17 bits per heavy atom. The topological polar surface area (TPSA) is 40.5 Å². The number of para-hydroxylation sites is 1. The molecule has 2 aromatic carbocycles. The van der Waals surface area contributed by atoms with Crippen molar-refractivity contribution >= 4 is 28.7 Å². The molecule has 2 heterocycles. The maximum absolute atomic E-state index is 11.5. The lowest BCUT2D eigenvalue weighted by molar-refractivity contribution is 0.0600. The van der Waals surface area contributed by atoms with Crippen LogP contribution in [0.5, 0.6) is 0 Å². The highest BCUT2D eigenvalue weighted by Crippen LogP contribution is 2.30. The number of benzene rings is 2. The molecule has 0 fully saturated rings. The smallest absolute Gasteiger partial charge is 0.337 e. The van der Waals surface area contributed by atoms with Gasteiger partial charge in [-0.05, 0) is 35.9 Å². The van der Waals surface area contributed by atoms with Gasteiger partial charge in [-0.15, -0.1) is 0 Å². The SMILES string of the molecule is COC(=O)c1ccc(/C=C2\OCCn3c2cc2ccccc23)cc1. The second kappa shape index (κ2) is 5.89. The molecule has 0 bridgehead atoms. The highest BCUT2D eigenvalue weighted by Gasteiger charge is 2.18. The molecule has 24 heavy (non-hydrogen) atoms. The van der Waals surface area contributed by atoms with E-state index in [0.717, 1.165) is 23.6 Å². The van der Waals surface area contributed by atoms with Crippen molar-refractivity contribution in [2.75, 3.05) is 13.7 Å². The number of methoxy groups -OCH3 is 1. The number of rotatable bonds is 2. The van der Waals surface area contributed by atoms with E-state index < -0.39 is 0 Å². The molecule has 4 rings (SSSR count). The van der Waals surface area contributed by atoms with Crippen molar-refractivity contribution in [2.24, 2.45) is 0 Å². The van der Waals surface area contributed by atoms with Gasteiger partial charge in [0, 0.05) is 10.9 Å². The fourth-order valence-electron chi connectivity index (χ4n) is 3.08. The Morgan fingerprint density at radius 3 is 2.75 bits per heavy atom. The van der Waals surface area contributed by atoms with Gasteiger partial charge in [0.2, 0.25) is 0 Å². The number of ether oxygens (including phenoxy) is 2. The number of nitrogens with zero attached hydrogens (tertiary/aromatic N) is 1. The van der Waals surface area contributed by atoms with Crippen molar-refractivity contribution in [3.63, 3.8) is 0 Å². The average molecular weight is 319 g/mol. The Labute approximate surface area is 139 Å². The van der Waals surface area contributed by atoms with Crippen LogP contribution in [0.2, 0.25) is 0 Å². The number of hydrogen-bond acceptors (Lipinski definition) is 3. The lowest BCUT2D eigenvalue weighted by Crippen LogP contribution is -2.15. The van der Waals surface area contributed by atoms with E-state index in [1.54, 1.807) is 12.1 Å². The van der Waals surface area contributed by atoms with E-state index in [2.05, 4.69) is 28.8 Å². The van der Waals surface area contributed by atoms with Gasteiger partial charge < -0.3 is 14.0 Å². The van der Waals surface area contributed by atoms with Crippen LogP contribution >= 0.6 is 0 Å². The molecule has 1 aliphatic heterocycles. The van der Waals surface area contributed by atoms with Gasteiger partial charge in [-0.25, -0.2) is 4.79 Å². The molecule has 0 amide bonds. The summed E-state index contributed by atoms with van der Waals surface area (Å²) in [5.74, 6) is 0.520. The minimum absolute atomic E-state index is 0.330. The molecule has 0 aliphatic carbocycles. The Hall–Kier alpha value is -3.01. The first-order chi connectivity index (χ1) is 11.8. The number of aromatic nitrogens is 1. The van der Waals surface area contributed by atoms with E-state index in [4.69, 9.17) is 9.47 Å². The number of carbonyl (C=O) groups excluding carboxylic acids is 1. The monoisotopic (exact) mass is 319 g/mol. The highest BCUT2D eigenvalue weighted by molar-refractivity contribution is 5.91. The molecule has 0 saturated carbocycles. The summed E-state index contributed by atoms with van der Waals surface area (Å²) >= 11 is 0. The second-order valence-corrected chi connectivity index (χ2v) is 5.71. The third kappa shape index (κ3) is 2.46. The first-order valence-corrected chi connectivity index (χ1v) is 7.88. The standard InChI is InChI=1S/C20H17NO3/c1-23-20(22)15-8-6-14(7-9-15)12-19-18-13-16-4-2-3-5-17(16)21(18)10-11-24-19/h2-9,12-13H,10-11H2,1H3/b19-12-. The zero-order valence-corrected chi connectivity index (χ0v) is 13.4. The van der Waals surface area contributed by atoms with Crippen molar-refractivity contribution in [1.29, 1.82) is 0 Å². The predicted molar refractivity (Wildman–Crippen MR) is 93.5 cm³/mol. The van der Waals surface area contributed by atoms with Gasteiger partial charge in [-0.2, -0.15) is 0 Å². The van der Waals surface area contributed by atoms with Crippen molar-refractivity contribution < 1.29 is 14.3 Å². The number of carbonyl (C=O) groups is 1. The van der Waals surface area contributed by atoms with E-state index in [-0.39, 0.29) is 5.97 Å². The van der Waals surface area contributed by atoms with E-state index in [0.29, 0.717) is 12.2 Å². The molecular weight excluding hydrogens is 302 g/mol. The van der Waals surface area contributed by atoms with Crippen LogP contribution in [0.3, 0.4) is 0 Å². The largest absolute Gasteiger partial charge is 0.490 e. The average Bonchev–Trinajstić information content (AvgIpc) is 3.02. The maximum atomic E-state index is 11.5. The molecule has 0 saturated heterocycles. The molecular formula is C20H17NO3. The zero-order valence-electron chi connectivity index (χ0n) is 13.4. The van der Waals surface area contributed by atoms with Gasteiger partial charge in [0.05, 0.1) is 24.9 Å². The van der Waals surface area contributed by atoms with Crippen LogP contribution in [0.15, 0.2) is 54.6 Å². The molecule has 4 nitrogen and oxygen atoms in total. The first kappa shape index (κ1) is 14.6. The minimum Gasteiger partial charge on any atom is -0.490 e. The quantitative estimate of drug-likeness (QED) is 0.671. The van der Waals surface area contributed by atoms with Crippen molar-refractivity contribution in [3.8, 4) is 0 Å². The minimum atomic E-state index is -0.330. The van der Waals surface area contributed by atoms with Gasteiger partial charge in [-0.3, -0.25) is 0 Å². The van der Waals surface area contributed by atoms with E-state index in [9.17, 15) is 4.79 Å². The van der Waals surface area contributed by atoms with Crippen molar-refractivity contribution in [3.05, 3.63) is 71.4 Å². The molecule has 0 radical (unpaired) electrons. The fourth-order valence-corrected chi connectivity index (χ4v) is 3.08. The van der Waals surface area contributed by atoms with Crippen LogP contribution in [-0.2, 0) is 16.0 Å². The first-order valence-electron chi connectivity index (χ1n) is 7.88. The van der Waals surface area contributed by atoms with Crippen LogP contribution in [0, 0.1) is 0 Å². The summed E-state index contributed by atoms with van der Waals surface area (Å²) in [6.07, 6.45) is 2.00. The van der Waals surface area contributed by atoms with Crippen LogP contribution in [0.25, 0.3) is 22.7 Å². The Morgan fingerprint density at radius 2 is 1.96 bits per heavy atom. The van der Waals surface area contributed by atoms with E-state index in [1.165, 1.54) is 18.0 Å². The summed E-state index contributed by atoms with van der Waals surface area (Å²) in [5.41, 5.74) is 3.83. The Bertz CT molecular complexity index is 935. The molecule has 0 atom stereocenters. The summed E-state index contributed by atoms with van der Waals surface area (Å²) in [6, 6.07) is 17.8. The summed E-state index contributed by atoms with van der Waals surface area (Å²) in [7, 11) is 1.38. The fraction of sp³-hybridized carbons (Fsp3) is 0.150. The molecule has 0 N–H and O–H groups in total. The summed E-state index contributed by atoms with van der Waals surface area (Å²) < 4.78 is 12.9. The number of esters is 1. The third-order valence-electron chi connectivity index (χ3n) is 4.27. The maximum Gasteiger partial charge on any atom is 0.337 e. The molecule has 1 aromatic heterocycles. The highest BCUT2D eigenvalue weighted by atomic mass is 16.5. The lowest BCUT2D eigenvalue weighted by Gasteiger charge is -2.20. The van der Waals surface area contributed by atoms with Crippen molar-refractivity contribution in [2.45, 2.75) is 6.54 Å². The molecule has 3 aromatic rings.